The summed E-state index contributed by atoms with van der Waals surface area (Å²) >= 11 is 0. The maximum absolute atomic E-state index is 12.4. The lowest BCUT2D eigenvalue weighted by Crippen LogP contribution is -2.34. The second-order valence-corrected chi connectivity index (χ2v) is 8.62. The molecule has 0 heterocycles. The van der Waals surface area contributed by atoms with Crippen LogP contribution in [0.5, 0.6) is 0 Å². The molecule has 0 aromatic heterocycles. The molecule has 1 aliphatic carbocycles. The first-order valence-electron chi connectivity index (χ1n) is 9.70. The van der Waals surface area contributed by atoms with Gasteiger partial charge >= 0.3 is 5.97 Å². The van der Waals surface area contributed by atoms with Gasteiger partial charge in [0, 0.05) is 11.3 Å². The Balaban J connectivity index is 1.86. The van der Waals surface area contributed by atoms with Crippen LogP contribution in [-0.2, 0) is 14.3 Å². The minimum Gasteiger partial charge on any atom is -0.452 e. The van der Waals surface area contributed by atoms with Gasteiger partial charge in [-0.15, -0.1) is 0 Å². The molecule has 0 saturated heterocycles. The van der Waals surface area contributed by atoms with Crippen LogP contribution in [-0.4, -0.2) is 23.8 Å². The molecule has 0 bridgehead atoms. The molecule has 1 aliphatic rings. The summed E-state index contributed by atoms with van der Waals surface area (Å²) in [6.45, 7) is 9.76. The van der Waals surface area contributed by atoms with Crippen LogP contribution in [0.1, 0.15) is 70.7 Å². The van der Waals surface area contributed by atoms with Crippen LogP contribution in [0.2, 0.25) is 0 Å². The van der Waals surface area contributed by atoms with E-state index in [1.807, 2.05) is 0 Å². The topological polar surface area (TPSA) is 72.5 Å². The fourth-order valence-electron chi connectivity index (χ4n) is 3.58. The molecule has 2 rings (SSSR count). The number of carbonyl (C=O) groups excluding carboxylic acids is 3. The van der Waals surface area contributed by atoms with Gasteiger partial charge in [0.25, 0.3) is 5.91 Å². The highest BCUT2D eigenvalue weighted by atomic mass is 16.5. The minimum absolute atomic E-state index is 0.0727. The number of esters is 1. The number of benzene rings is 1. The third-order valence-electron chi connectivity index (χ3n) is 5.48. The SMILES string of the molecule is CC(=O)c1cccc(NC(=O)[C@@H](C)OC(=O)C2CCC(C(C)(C)C)CC2)c1. The van der Waals surface area contributed by atoms with E-state index in [9.17, 15) is 14.4 Å². The summed E-state index contributed by atoms with van der Waals surface area (Å²) in [4.78, 5) is 36.2. The van der Waals surface area contributed by atoms with E-state index in [0.29, 0.717) is 17.2 Å². The number of carbonyl (C=O) groups is 3. The van der Waals surface area contributed by atoms with Crippen LogP contribution in [0.4, 0.5) is 5.69 Å². The van der Waals surface area contributed by atoms with Crippen molar-refractivity contribution in [2.45, 2.75) is 66.4 Å². The van der Waals surface area contributed by atoms with Gasteiger partial charge < -0.3 is 10.1 Å². The molecule has 0 aliphatic heterocycles. The number of Topliss-reactive ketones (excluding diaryl/α,β-unsaturated/α-hetero) is 1. The quantitative estimate of drug-likeness (QED) is 0.604. The smallest absolute Gasteiger partial charge is 0.309 e. The van der Waals surface area contributed by atoms with Crippen molar-refractivity contribution in [3.63, 3.8) is 0 Å². The first-order chi connectivity index (χ1) is 12.6. The van der Waals surface area contributed by atoms with E-state index in [1.54, 1.807) is 31.2 Å². The summed E-state index contributed by atoms with van der Waals surface area (Å²) < 4.78 is 5.40. The Labute approximate surface area is 161 Å². The van der Waals surface area contributed by atoms with Crippen molar-refractivity contribution in [3.8, 4) is 0 Å². The average Bonchev–Trinajstić information content (AvgIpc) is 2.61. The lowest BCUT2D eigenvalue weighted by molar-refractivity contribution is -0.158. The molecule has 1 N–H and O–H groups in total. The molecular weight excluding hydrogens is 342 g/mol. The average molecular weight is 373 g/mol. The first kappa shape index (κ1) is 21.1. The van der Waals surface area contributed by atoms with Gasteiger partial charge in [0.15, 0.2) is 11.9 Å². The molecule has 0 unspecified atom stereocenters. The second-order valence-electron chi connectivity index (χ2n) is 8.62. The Morgan fingerprint density at radius 1 is 1.11 bits per heavy atom. The van der Waals surface area contributed by atoms with E-state index >= 15 is 0 Å². The normalized spacial score (nSPS) is 21.2. The minimum atomic E-state index is -0.876. The van der Waals surface area contributed by atoms with Crippen LogP contribution < -0.4 is 5.32 Å². The Bertz CT molecular complexity index is 697. The van der Waals surface area contributed by atoms with Gasteiger partial charge in [-0.25, -0.2) is 0 Å². The first-order valence-corrected chi connectivity index (χ1v) is 9.70. The Morgan fingerprint density at radius 2 is 1.74 bits per heavy atom. The number of anilines is 1. The van der Waals surface area contributed by atoms with Gasteiger partial charge in [-0.2, -0.15) is 0 Å². The Hall–Kier alpha value is -2.17. The molecule has 1 aromatic rings. The van der Waals surface area contributed by atoms with E-state index < -0.39 is 12.0 Å². The van der Waals surface area contributed by atoms with Crippen molar-refractivity contribution < 1.29 is 19.1 Å². The number of hydrogen-bond acceptors (Lipinski definition) is 4. The summed E-state index contributed by atoms with van der Waals surface area (Å²) in [5, 5.41) is 2.70. The number of ketones is 1. The molecular formula is C22H31NO4. The molecule has 1 fully saturated rings. The number of amides is 1. The number of ether oxygens (including phenoxy) is 1. The zero-order valence-electron chi connectivity index (χ0n) is 17.0. The van der Waals surface area contributed by atoms with E-state index in [4.69, 9.17) is 4.74 Å². The molecule has 5 heteroatoms. The maximum atomic E-state index is 12.4. The molecule has 0 spiro atoms. The summed E-state index contributed by atoms with van der Waals surface area (Å²) in [7, 11) is 0. The predicted octanol–water partition coefficient (Wildman–Crippen LogP) is 4.61. The van der Waals surface area contributed by atoms with E-state index in [1.165, 1.54) is 6.92 Å². The van der Waals surface area contributed by atoms with Crippen molar-refractivity contribution in [3.05, 3.63) is 29.8 Å². The third-order valence-corrected chi connectivity index (χ3v) is 5.48. The van der Waals surface area contributed by atoms with Gasteiger partial charge in [0.1, 0.15) is 0 Å². The number of rotatable bonds is 5. The Kier molecular flexibility index (Phi) is 6.79. The van der Waals surface area contributed by atoms with Gasteiger partial charge in [0.05, 0.1) is 5.92 Å². The molecule has 1 aromatic carbocycles. The van der Waals surface area contributed by atoms with Gasteiger partial charge in [-0.05, 0) is 63.0 Å². The number of nitrogens with one attached hydrogen (secondary N) is 1. The number of hydrogen-bond donors (Lipinski definition) is 1. The zero-order valence-corrected chi connectivity index (χ0v) is 17.0. The highest BCUT2D eigenvalue weighted by molar-refractivity contribution is 5.98. The van der Waals surface area contributed by atoms with Crippen LogP contribution in [0.15, 0.2) is 24.3 Å². The third kappa shape index (κ3) is 5.91. The lowest BCUT2D eigenvalue weighted by atomic mass is 9.70. The molecule has 5 nitrogen and oxygen atoms in total. The molecule has 27 heavy (non-hydrogen) atoms. The second kappa shape index (κ2) is 8.68. The highest BCUT2D eigenvalue weighted by Crippen LogP contribution is 2.40. The fourth-order valence-corrected chi connectivity index (χ4v) is 3.58. The van der Waals surface area contributed by atoms with Crippen molar-refractivity contribution in [2.24, 2.45) is 17.3 Å². The molecule has 1 atom stereocenters. The maximum Gasteiger partial charge on any atom is 0.309 e. The van der Waals surface area contributed by atoms with Gasteiger partial charge in [0.2, 0.25) is 0 Å². The largest absolute Gasteiger partial charge is 0.452 e. The molecule has 0 radical (unpaired) electrons. The summed E-state index contributed by atoms with van der Waals surface area (Å²) in [6, 6.07) is 6.71. The van der Waals surface area contributed by atoms with Gasteiger partial charge in [-0.1, -0.05) is 32.9 Å². The van der Waals surface area contributed by atoms with Crippen LogP contribution >= 0.6 is 0 Å². The van der Waals surface area contributed by atoms with Crippen molar-refractivity contribution >= 4 is 23.3 Å². The van der Waals surface area contributed by atoms with E-state index in [-0.39, 0.29) is 23.1 Å². The van der Waals surface area contributed by atoms with E-state index in [2.05, 4.69) is 26.1 Å². The van der Waals surface area contributed by atoms with Crippen molar-refractivity contribution in [2.75, 3.05) is 5.32 Å². The summed E-state index contributed by atoms with van der Waals surface area (Å²) in [5.74, 6) is -0.262. The van der Waals surface area contributed by atoms with Gasteiger partial charge in [-0.3, -0.25) is 14.4 Å². The predicted molar refractivity (Wildman–Crippen MR) is 106 cm³/mol. The van der Waals surface area contributed by atoms with Crippen LogP contribution in [0.3, 0.4) is 0 Å². The lowest BCUT2D eigenvalue weighted by Gasteiger charge is -2.36. The monoisotopic (exact) mass is 373 g/mol. The standard InChI is InChI=1S/C22H31NO4/c1-14(24)17-7-6-8-19(13-17)23-20(25)15(2)27-21(26)16-9-11-18(12-10-16)22(3,4)5/h6-8,13,15-16,18H,9-12H2,1-5H3,(H,23,25)/t15-,16?,18?/m1/s1. The summed E-state index contributed by atoms with van der Waals surface area (Å²) in [6.07, 6.45) is 2.79. The molecule has 1 amide bonds. The van der Waals surface area contributed by atoms with E-state index in [0.717, 1.165) is 25.7 Å². The van der Waals surface area contributed by atoms with Crippen LogP contribution in [0, 0.1) is 17.3 Å². The fraction of sp³-hybridized carbons (Fsp3) is 0.591. The zero-order chi connectivity index (χ0) is 20.2. The Morgan fingerprint density at radius 3 is 2.30 bits per heavy atom. The molecule has 1 saturated carbocycles. The molecule has 148 valence electrons. The highest BCUT2D eigenvalue weighted by Gasteiger charge is 2.34. The van der Waals surface area contributed by atoms with Crippen LogP contribution in [0.25, 0.3) is 0 Å². The summed E-state index contributed by atoms with van der Waals surface area (Å²) in [5.41, 5.74) is 1.30. The van der Waals surface area contributed by atoms with Crippen molar-refractivity contribution in [1.82, 2.24) is 0 Å². The van der Waals surface area contributed by atoms with Crippen molar-refractivity contribution in [1.29, 1.82) is 0 Å².